The van der Waals surface area contributed by atoms with Crippen LogP contribution in [-0.2, 0) is 9.53 Å². The van der Waals surface area contributed by atoms with Gasteiger partial charge in [-0.2, -0.15) is 0 Å². The maximum Gasteiger partial charge on any atom is 0.307 e. The highest BCUT2D eigenvalue weighted by molar-refractivity contribution is 5.70. The van der Waals surface area contributed by atoms with Gasteiger partial charge in [0, 0.05) is 6.04 Å². The normalized spacial score (nSPS) is 12.3. The van der Waals surface area contributed by atoms with Gasteiger partial charge in [0.25, 0.3) is 0 Å². The molecule has 0 aromatic rings. The zero-order valence-electron chi connectivity index (χ0n) is 15.1. The Kier molecular flexibility index (Phi) is 16.4. The molecule has 0 saturated carbocycles. The SMILES string of the molecule is CCCCCCCCOC(=O)CC(N)CCCCCCCC. The van der Waals surface area contributed by atoms with Crippen molar-refractivity contribution in [2.45, 2.75) is 110 Å². The molecule has 1 unspecified atom stereocenters. The lowest BCUT2D eigenvalue weighted by molar-refractivity contribution is -0.144. The maximum atomic E-state index is 11.7. The molecule has 0 aromatic carbocycles. The van der Waals surface area contributed by atoms with Crippen LogP contribution in [0.2, 0.25) is 0 Å². The molecule has 2 N–H and O–H groups in total. The van der Waals surface area contributed by atoms with Gasteiger partial charge in [-0.3, -0.25) is 4.79 Å². The lowest BCUT2D eigenvalue weighted by atomic mass is 10.0. The second-order valence-corrected chi connectivity index (χ2v) is 6.51. The summed E-state index contributed by atoms with van der Waals surface area (Å²) in [5.41, 5.74) is 6.00. The van der Waals surface area contributed by atoms with Crippen LogP contribution < -0.4 is 5.73 Å². The standard InChI is InChI=1S/C19H39NO2/c1-3-5-7-9-11-13-15-18(20)17-19(21)22-16-14-12-10-8-6-4-2/h18H,3-17,20H2,1-2H3. The van der Waals surface area contributed by atoms with Crippen molar-refractivity contribution in [1.29, 1.82) is 0 Å². The summed E-state index contributed by atoms with van der Waals surface area (Å²) < 4.78 is 5.26. The lowest BCUT2D eigenvalue weighted by Gasteiger charge is -2.11. The quantitative estimate of drug-likeness (QED) is 0.308. The molecule has 0 aliphatic rings. The van der Waals surface area contributed by atoms with Crippen molar-refractivity contribution in [1.82, 2.24) is 0 Å². The lowest BCUT2D eigenvalue weighted by Crippen LogP contribution is -2.25. The van der Waals surface area contributed by atoms with Gasteiger partial charge in [-0.15, -0.1) is 0 Å². The van der Waals surface area contributed by atoms with Crippen LogP contribution in [0.1, 0.15) is 104 Å². The summed E-state index contributed by atoms with van der Waals surface area (Å²) in [5.74, 6) is -0.118. The average Bonchev–Trinajstić information content (AvgIpc) is 2.50. The van der Waals surface area contributed by atoms with Crippen molar-refractivity contribution < 1.29 is 9.53 Å². The van der Waals surface area contributed by atoms with Gasteiger partial charge in [0.2, 0.25) is 0 Å². The molecule has 3 nitrogen and oxygen atoms in total. The molecule has 22 heavy (non-hydrogen) atoms. The molecule has 0 rings (SSSR count). The molecule has 0 saturated heterocycles. The Labute approximate surface area is 138 Å². The fourth-order valence-electron chi connectivity index (χ4n) is 2.63. The van der Waals surface area contributed by atoms with Crippen LogP contribution in [0.3, 0.4) is 0 Å². The van der Waals surface area contributed by atoms with Crippen molar-refractivity contribution in [3.8, 4) is 0 Å². The molecule has 132 valence electrons. The van der Waals surface area contributed by atoms with Crippen molar-refractivity contribution in [2.75, 3.05) is 6.61 Å². The van der Waals surface area contributed by atoms with Crippen molar-refractivity contribution in [2.24, 2.45) is 5.73 Å². The van der Waals surface area contributed by atoms with E-state index in [0.717, 1.165) is 25.7 Å². The second-order valence-electron chi connectivity index (χ2n) is 6.51. The van der Waals surface area contributed by atoms with Gasteiger partial charge < -0.3 is 10.5 Å². The highest BCUT2D eigenvalue weighted by atomic mass is 16.5. The van der Waals surface area contributed by atoms with E-state index in [9.17, 15) is 4.79 Å². The molecule has 0 amide bonds. The fourth-order valence-corrected chi connectivity index (χ4v) is 2.63. The Hall–Kier alpha value is -0.570. The molecule has 0 bridgehead atoms. The third-order valence-corrected chi connectivity index (χ3v) is 4.12. The van der Waals surface area contributed by atoms with E-state index >= 15 is 0 Å². The molecule has 3 heteroatoms. The first-order valence-corrected chi connectivity index (χ1v) is 9.61. The predicted molar refractivity (Wildman–Crippen MR) is 94.9 cm³/mol. The molecule has 0 aliphatic carbocycles. The number of carbonyl (C=O) groups excluding carboxylic acids is 1. The first kappa shape index (κ1) is 21.4. The van der Waals surface area contributed by atoms with E-state index in [1.165, 1.54) is 57.8 Å². The molecule has 0 spiro atoms. The summed E-state index contributed by atoms with van der Waals surface area (Å²) in [5, 5.41) is 0. The largest absolute Gasteiger partial charge is 0.466 e. The smallest absolute Gasteiger partial charge is 0.307 e. The Balaban J connectivity index is 3.34. The first-order valence-electron chi connectivity index (χ1n) is 9.61. The number of unbranched alkanes of at least 4 members (excludes halogenated alkanes) is 10. The average molecular weight is 314 g/mol. The maximum absolute atomic E-state index is 11.7. The molecule has 0 heterocycles. The number of hydrogen-bond donors (Lipinski definition) is 1. The Morgan fingerprint density at radius 3 is 1.91 bits per heavy atom. The molecule has 0 fully saturated rings. The van der Waals surface area contributed by atoms with E-state index in [4.69, 9.17) is 10.5 Å². The summed E-state index contributed by atoms with van der Waals surface area (Å²) in [7, 11) is 0. The molecule has 0 aliphatic heterocycles. The van der Waals surface area contributed by atoms with Gasteiger partial charge in [-0.05, 0) is 12.8 Å². The summed E-state index contributed by atoms with van der Waals surface area (Å²) in [4.78, 5) is 11.7. The Morgan fingerprint density at radius 2 is 1.32 bits per heavy atom. The van der Waals surface area contributed by atoms with Crippen LogP contribution in [0.5, 0.6) is 0 Å². The number of rotatable bonds is 16. The summed E-state index contributed by atoms with van der Waals surface area (Å²) >= 11 is 0. The van der Waals surface area contributed by atoms with Crippen LogP contribution >= 0.6 is 0 Å². The van der Waals surface area contributed by atoms with Gasteiger partial charge in [-0.1, -0.05) is 84.5 Å². The number of nitrogens with two attached hydrogens (primary N) is 1. The third-order valence-electron chi connectivity index (χ3n) is 4.12. The topological polar surface area (TPSA) is 52.3 Å². The second kappa shape index (κ2) is 16.8. The number of hydrogen-bond acceptors (Lipinski definition) is 3. The van der Waals surface area contributed by atoms with E-state index < -0.39 is 0 Å². The summed E-state index contributed by atoms with van der Waals surface area (Å²) in [6.07, 6.45) is 16.2. The molecule has 0 aromatic heterocycles. The van der Waals surface area contributed by atoms with E-state index in [-0.39, 0.29) is 12.0 Å². The first-order chi connectivity index (χ1) is 10.7. The van der Waals surface area contributed by atoms with E-state index in [0.29, 0.717) is 13.0 Å². The van der Waals surface area contributed by atoms with Gasteiger partial charge in [0.15, 0.2) is 0 Å². The highest BCUT2D eigenvalue weighted by Gasteiger charge is 2.10. The van der Waals surface area contributed by atoms with Gasteiger partial charge in [-0.25, -0.2) is 0 Å². The third kappa shape index (κ3) is 15.8. The molecular weight excluding hydrogens is 274 g/mol. The van der Waals surface area contributed by atoms with Gasteiger partial charge >= 0.3 is 5.97 Å². The van der Waals surface area contributed by atoms with E-state index in [1.54, 1.807) is 0 Å². The van der Waals surface area contributed by atoms with E-state index in [1.807, 2.05) is 0 Å². The van der Waals surface area contributed by atoms with Gasteiger partial charge in [0.05, 0.1) is 13.0 Å². The number of carbonyl (C=O) groups is 1. The zero-order valence-corrected chi connectivity index (χ0v) is 15.1. The van der Waals surface area contributed by atoms with Crippen LogP contribution in [0, 0.1) is 0 Å². The monoisotopic (exact) mass is 313 g/mol. The highest BCUT2D eigenvalue weighted by Crippen LogP contribution is 2.10. The minimum atomic E-state index is -0.118. The Morgan fingerprint density at radius 1 is 0.818 bits per heavy atom. The minimum absolute atomic E-state index is 0.0248. The van der Waals surface area contributed by atoms with Crippen LogP contribution in [0.25, 0.3) is 0 Å². The molecular formula is C19H39NO2. The fraction of sp³-hybridized carbons (Fsp3) is 0.947. The van der Waals surface area contributed by atoms with Gasteiger partial charge in [0.1, 0.15) is 0 Å². The predicted octanol–water partition coefficient (Wildman–Crippen LogP) is 5.36. The zero-order chi connectivity index (χ0) is 16.5. The molecule has 1 atom stereocenters. The van der Waals surface area contributed by atoms with Crippen LogP contribution in [0.4, 0.5) is 0 Å². The van der Waals surface area contributed by atoms with Crippen molar-refractivity contribution in [3.63, 3.8) is 0 Å². The number of ether oxygens (including phenoxy) is 1. The Bertz CT molecular complexity index is 244. The van der Waals surface area contributed by atoms with Crippen molar-refractivity contribution in [3.05, 3.63) is 0 Å². The summed E-state index contributed by atoms with van der Waals surface area (Å²) in [6, 6.07) is -0.0248. The van der Waals surface area contributed by atoms with Crippen LogP contribution in [-0.4, -0.2) is 18.6 Å². The van der Waals surface area contributed by atoms with Crippen LogP contribution in [0.15, 0.2) is 0 Å². The number of esters is 1. The van der Waals surface area contributed by atoms with Crippen molar-refractivity contribution >= 4 is 5.97 Å². The van der Waals surface area contributed by atoms with E-state index in [2.05, 4.69) is 13.8 Å². The summed E-state index contributed by atoms with van der Waals surface area (Å²) in [6.45, 7) is 5.01. The molecule has 0 radical (unpaired) electrons. The minimum Gasteiger partial charge on any atom is -0.466 e.